The van der Waals surface area contributed by atoms with Crippen LogP contribution in [0.3, 0.4) is 0 Å². The normalized spacial score (nSPS) is 36.8. The monoisotopic (exact) mass is 165 g/mol. The van der Waals surface area contributed by atoms with Crippen molar-refractivity contribution in [2.45, 2.75) is 32.1 Å². The van der Waals surface area contributed by atoms with Crippen LogP contribution in [-0.4, -0.2) is 13.9 Å². The van der Waals surface area contributed by atoms with Crippen molar-refractivity contribution in [3.63, 3.8) is 0 Å². The van der Waals surface area contributed by atoms with Gasteiger partial charge in [-0.1, -0.05) is 29.6 Å². The zero-order valence-corrected chi connectivity index (χ0v) is 7.99. The van der Waals surface area contributed by atoms with Gasteiger partial charge in [0.2, 0.25) is 0 Å². The van der Waals surface area contributed by atoms with Crippen molar-refractivity contribution in [3.8, 4) is 0 Å². The Kier molecular flexibility index (Phi) is 2.90. The molecule has 0 aliphatic heterocycles. The van der Waals surface area contributed by atoms with Crippen LogP contribution in [0, 0.1) is 5.92 Å². The lowest BCUT2D eigenvalue weighted by molar-refractivity contribution is 0.435. The first-order valence-electron chi connectivity index (χ1n) is 4.43. The largest absolute Gasteiger partial charge is 0.305 e. The highest BCUT2D eigenvalue weighted by molar-refractivity contribution is 6.13. The van der Waals surface area contributed by atoms with Crippen molar-refractivity contribution in [2.75, 3.05) is 0 Å². The summed E-state index contributed by atoms with van der Waals surface area (Å²) in [4.78, 5) is 0. The van der Waals surface area contributed by atoms with E-state index in [1.165, 1.54) is 12.0 Å². The number of hydrogen-bond acceptors (Lipinski definition) is 2. The van der Waals surface area contributed by atoms with Gasteiger partial charge in [0.05, 0.1) is 6.04 Å². The van der Waals surface area contributed by atoms with Crippen LogP contribution >= 0.6 is 0 Å². The number of nitrogens with two attached hydrogens (primary N) is 1. The zero-order valence-electron chi connectivity index (χ0n) is 7.99. The molecule has 0 saturated carbocycles. The van der Waals surface area contributed by atoms with E-state index < -0.39 is 0 Å². The fourth-order valence-corrected chi connectivity index (χ4v) is 2.06. The summed E-state index contributed by atoms with van der Waals surface area (Å²) in [6, 6.07) is 0.214. The van der Waals surface area contributed by atoms with Crippen LogP contribution in [0.2, 0.25) is 5.82 Å². The SMILES string of the molecule is BC1C=C(C)C(N=NN)C(C)C1. The lowest BCUT2D eigenvalue weighted by atomic mass is 9.72. The first-order valence-corrected chi connectivity index (χ1v) is 4.43. The Labute approximate surface area is 74.5 Å². The summed E-state index contributed by atoms with van der Waals surface area (Å²) >= 11 is 0. The van der Waals surface area contributed by atoms with E-state index in [0.29, 0.717) is 11.7 Å². The Balaban J connectivity index is 2.78. The molecule has 3 unspecified atom stereocenters. The molecule has 0 aromatic carbocycles. The molecule has 1 aliphatic carbocycles. The van der Waals surface area contributed by atoms with E-state index in [1.807, 2.05) is 0 Å². The van der Waals surface area contributed by atoms with E-state index in [1.54, 1.807) is 0 Å². The molecule has 0 radical (unpaired) electrons. The molecule has 1 aliphatic rings. The van der Waals surface area contributed by atoms with Crippen LogP contribution in [-0.2, 0) is 0 Å². The molecule has 1 rings (SSSR count). The second kappa shape index (κ2) is 3.74. The number of allylic oxidation sites excluding steroid dienone is 1. The van der Waals surface area contributed by atoms with Gasteiger partial charge in [-0.3, -0.25) is 0 Å². The van der Waals surface area contributed by atoms with Crippen LogP contribution in [0.15, 0.2) is 22.0 Å². The summed E-state index contributed by atoms with van der Waals surface area (Å²) in [5.74, 6) is 6.29. The van der Waals surface area contributed by atoms with Gasteiger partial charge in [-0.2, -0.15) is 5.11 Å². The third kappa shape index (κ3) is 1.87. The fraction of sp³-hybridized carbons (Fsp3) is 0.750. The van der Waals surface area contributed by atoms with Crippen molar-refractivity contribution in [3.05, 3.63) is 11.6 Å². The van der Waals surface area contributed by atoms with Crippen molar-refractivity contribution < 1.29 is 0 Å². The van der Waals surface area contributed by atoms with E-state index in [4.69, 9.17) is 5.84 Å². The molecule has 0 saturated heterocycles. The highest BCUT2D eigenvalue weighted by Gasteiger charge is 2.24. The molecular weight excluding hydrogens is 149 g/mol. The van der Waals surface area contributed by atoms with Crippen LogP contribution in [0.4, 0.5) is 0 Å². The van der Waals surface area contributed by atoms with Gasteiger partial charge < -0.3 is 5.84 Å². The Hall–Kier alpha value is -0.795. The van der Waals surface area contributed by atoms with Gasteiger partial charge in [-0.15, -0.1) is 0 Å². The molecule has 0 aromatic rings. The minimum atomic E-state index is 0.214. The van der Waals surface area contributed by atoms with Crippen LogP contribution in [0.5, 0.6) is 0 Å². The zero-order chi connectivity index (χ0) is 9.14. The van der Waals surface area contributed by atoms with Crippen molar-refractivity contribution in [1.82, 2.24) is 0 Å². The van der Waals surface area contributed by atoms with Gasteiger partial charge >= 0.3 is 0 Å². The van der Waals surface area contributed by atoms with E-state index in [2.05, 4.69) is 38.1 Å². The van der Waals surface area contributed by atoms with Gasteiger partial charge in [0.1, 0.15) is 7.85 Å². The Morgan fingerprint density at radius 1 is 1.67 bits per heavy atom. The molecule has 3 nitrogen and oxygen atoms in total. The summed E-state index contributed by atoms with van der Waals surface area (Å²) in [6.45, 7) is 4.30. The quantitative estimate of drug-likeness (QED) is 0.204. The van der Waals surface area contributed by atoms with Gasteiger partial charge in [-0.25, -0.2) is 0 Å². The summed E-state index contributed by atoms with van der Waals surface area (Å²) in [6.07, 6.45) is 3.44. The first-order chi connectivity index (χ1) is 5.65. The first kappa shape index (κ1) is 9.29. The molecule has 0 amide bonds. The van der Waals surface area contributed by atoms with Crippen molar-refractivity contribution >= 4 is 7.85 Å². The number of rotatable bonds is 1. The molecule has 0 heterocycles. The summed E-state index contributed by atoms with van der Waals surface area (Å²) in [5, 5.41) is 7.38. The molecule has 2 N–H and O–H groups in total. The molecule has 3 atom stereocenters. The molecule has 0 fully saturated rings. The van der Waals surface area contributed by atoms with E-state index in [9.17, 15) is 0 Å². The van der Waals surface area contributed by atoms with Gasteiger partial charge in [0.25, 0.3) is 0 Å². The van der Waals surface area contributed by atoms with Crippen LogP contribution < -0.4 is 5.84 Å². The minimum absolute atomic E-state index is 0.214. The van der Waals surface area contributed by atoms with E-state index in [0.717, 1.165) is 0 Å². The van der Waals surface area contributed by atoms with Crippen molar-refractivity contribution in [1.29, 1.82) is 0 Å². The van der Waals surface area contributed by atoms with Crippen LogP contribution in [0.1, 0.15) is 20.3 Å². The molecule has 4 heteroatoms. The lowest BCUT2D eigenvalue weighted by Gasteiger charge is -2.27. The van der Waals surface area contributed by atoms with Crippen LogP contribution in [0.25, 0.3) is 0 Å². The van der Waals surface area contributed by atoms with Gasteiger partial charge in [0, 0.05) is 0 Å². The lowest BCUT2D eigenvalue weighted by Crippen LogP contribution is -2.23. The number of hydrogen-bond donors (Lipinski definition) is 1. The molecule has 0 bridgehead atoms. The van der Waals surface area contributed by atoms with E-state index >= 15 is 0 Å². The topological polar surface area (TPSA) is 50.7 Å². The highest BCUT2D eigenvalue weighted by atomic mass is 15.3. The summed E-state index contributed by atoms with van der Waals surface area (Å²) in [5.41, 5.74) is 1.30. The Morgan fingerprint density at radius 2 is 2.33 bits per heavy atom. The maximum atomic E-state index is 5.05. The second-order valence-corrected chi connectivity index (χ2v) is 3.78. The van der Waals surface area contributed by atoms with Gasteiger partial charge in [0.15, 0.2) is 0 Å². The molecule has 0 spiro atoms. The summed E-state index contributed by atoms with van der Waals surface area (Å²) < 4.78 is 0. The maximum absolute atomic E-state index is 5.05. The van der Waals surface area contributed by atoms with Crippen molar-refractivity contribution in [2.24, 2.45) is 22.1 Å². The molecular formula is C8H16BN3. The third-order valence-corrected chi connectivity index (χ3v) is 2.49. The standard InChI is InChI=1S/C8H16BN3/c1-5-3-7(9)4-6(2)8(5)11-12-10/h3,6-8H,4,9H2,1-2H3,(H2,10,11). The smallest absolute Gasteiger partial charge is 0.110 e. The molecule has 66 valence electrons. The number of nitrogens with zero attached hydrogens (tertiary/aromatic N) is 2. The summed E-state index contributed by atoms with van der Waals surface area (Å²) in [7, 11) is 2.23. The third-order valence-electron chi connectivity index (χ3n) is 2.49. The maximum Gasteiger partial charge on any atom is 0.110 e. The second-order valence-electron chi connectivity index (χ2n) is 3.78. The highest BCUT2D eigenvalue weighted by Crippen LogP contribution is 2.31. The molecule has 0 aromatic heterocycles. The minimum Gasteiger partial charge on any atom is -0.305 e. The predicted molar refractivity (Wildman–Crippen MR) is 52.7 cm³/mol. The fourth-order valence-electron chi connectivity index (χ4n) is 2.06. The average Bonchev–Trinajstić information content (AvgIpc) is 1.96. The van der Waals surface area contributed by atoms with E-state index in [-0.39, 0.29) is 6.04 Å². The Bertz CT molecular complexity index is 212. The van der Waals surface area contributed by atoms with Gasteiger partial charge in [-0.05, 0) is 19.3 Å². The molecule has 12 heavy (non-hydrogen) atoms. The predicted octanol–water partition coefficient (Wildman–Crippen LogP) is 1.09. The average molecular weight is 165 g/mol. The Morgan fingerprint density at radius 3 is 2.83 bits per heavy atom.